The maximum absolute atomic E-state index is 12.3. The average molecular weight is 361 g/mol. The number of likely N-dealkylation sites (tertiary alicyclic amines) is 1. The van der Waals surface area contributed by atoms with Gasteiger partial charge in [0.25, 0.3) is 0 Å². The SMILES string of the molecule is CC1CC(NC2CCCC2S(C)(=O)=O)CCN1C(=O)OC(C)(C)C. The van der Waals surface area contributed by atoms with Gasteiger partial charge in [-0.1, -0.05) is 6.42 Å². The number of ether oxygens (including phenoxy) is 1. The molecule has 2 aliphatic rings. The molecule has 1 aliphatic carbocycles. The van der Waals surface area contributed by atoms with Crippen LogP contribution in [0.2, 0.25) is 0 Å². The molecule has 0 spiro atoms. The lowest BCUT2D eigenvalue weighted by molar-refractivity contribution is 0.00904. The lowest BCUT2D eigenvalue weighted by atomic mass is 9.97. The lowest BCUT2D eigenvalue weighted by Crippen LogP contribution is -2.54. The fourth-order valence-electron chi connectivity index (χ4n) is 3.85. The predicted octanol–water partition coefficient (Wildman–Crippen LogP) is 2.33. The molecule has 0 aromatic carbocycles. The van der Waals surface area contributed by atoms with Gasteiger partial charge in [0.15, 0.2) is 9.84 Å². The number of carbonyl (C=O) groups is 1. The van der Waals surface area contributed by atoms with Crippen LogP contribution in [0.5, 0.6) is 0 Å². The first kappa shape index (κ1) is 19.5. The molecule has 2 fully saturated rings. The van der Waals surface area contributed by atoms with Crippen LogP contribution in [-0.2, 0) is 14.6 Å². The van der Waals surface area contributed by atoms with E-state index in [1.165, 1.54) is 6.26 Å². The van der Waals surface area contributed by atoms with Crippen molar-refractivity contribution in [3.05, 3.63) is 0 Å². The monoisotopic (exact) mass is 360 g/mol. The molecule has 140 valence electrons. The molecule has 1 amide bonds. The Labute approximate surface area is 146 Å². The second-order valence-corrected chi connectivity index (χ2v) is 10.6. The lowest BCUT2D eigenvalue weighted by Gasteiger charge is -2.39. The largest absolute Gasteiger partial charge is 0.444 e. The van der Waals surface area contributed by atoms with Gasteiger partial charge in [-0.2, -0.15) is 0 Å². The maximum atomic E-state index is 12.3. The van der Waals surface area contributed by atoms with E-state index in [9.17, 15) is 13.2 Å². The smallest absolute Gasteiger partial charge is 0.410 e. The van der Waals surface area contributed by atoms with Crippen LogP contribution in [0.4, 0.5) is 4.79 Å². The molecule has 4 unspecified atom stereocenters. The third-order valence-electron chi connectivity index (χ3n) is 4.96. The van der Waals surface area contributed by atoms with Crippen molar-refractivity contribution in [3.8, 4) is 0 Å². The number of piperidine rings is 1. The van der Waals surface area contributed by atoms with Crippen molar-refractivity contribution in [2.75, 3.05) is 12.8 Å². The first-order chi connectivity index (χ1) is 11.0. The van der Waals surface area contributed by atoms with Crippen molar-refractivity contribution in [2.45, 2.75) is 88.8 Å². The van der Waals surface area contributed by atoms with Crippen molar-refractivity contribution in [2.24, 2.45) is 0 Å². The third-order valence-corrected chi connectivity index (χ3v) is 6.62. The van der Waals surface area contributed by atoms with Gasteiger partial charge in [-0.15, -0.1) is 0 Å². The Morgan fingerprint density at radius 2 is 1.88 bits per heavy atom. The standard InChI is InChI=1S/C17H32N2O4S/c1-12-11-13(9-10-19(12)16(20)23-17(2,3)4)18-14-7-6-8-15(14)24(5,21)22/h12-15,18H,6-11H2,1-5H3. The number of amides is 1. The van der Waals surface area contributed by atoms with Crippen LogP contribution in [0.15, 0.2) is 0 Å². The first-order valence-electron chi connectivity index (χ1n) is 8.92. The minimum Gasteiger partial charge on any atom is -0.444 e. The first-order valence-corrected chi connectivity index (χ1v) is 10.9. The van der Waals surface area contributed by atoms with Gasteiger partial charge in [0.1, 0.15) is 5.60 Å². The van der Waals surface area contributed by atoms with Gasteiger partial charge in [0.05, 0.1) is 5.25 Å². The molecule has 1 saturated carbocycles. The number of hydrogen-bond acceptors (Lipinski definition) is 5. The summed E-state index contributed by atoms with van der Waals surface area (Å²) in [5.74, 6) is 0. The van der Waals surface area contributed by atoms with Crippen molar-refractivity contribution in [3.63, 3.8) is 0 Å². The Kier molecular flexibility index (Phi) is 5.85. The van der Waals surface area contributed by atoms with Crippen molar-refractivity contribution >= 4 is 15.9 Å². The molecule has 0 radical (unpaired) electrons. The van der Waals surface area contributed by atoms with Crippen LogP contribution in [0.1, 0.15) is 59.8 Å². The van der Waals surface area contributed by atoms with Gasteiger partial charge < -0.3 is 15.0 Å². The summed E-state index contributed by atoms with van der Waals surface area (Å²) >= 11 is 0. The van der Waals surface area contributed by atoms with E-state index >= 15 is 0 Å². The highest BCUT2D eigenvalue weighted by atomic mass is 32.2. The summed E-state index contributed by atoms with van der Waals surface area (Å²) in [6, 6.07) is 0.389. The number of rotatable bonds is 3. The van der Waals surface area contributed by atoms with Gasteiger partial charge in [-0.3, -0.25) is 0 Å². The molecule has 0 bridgehead atoms. The summed E-state index contributed by atoms with van der Waals surface area (Å²) in [5.41, 5.74) is -0.488. The second-order valence-electron chi connectivity index (χ2n) is 8.32. The quantitative estimate of drug-likeness (QED) is 0.836. The molecule has 1 heterocycles. The van der Waals surface area contributed by atoms with Crippen LogP contribution in [0.25, 0.3) is 0 Å². The van der Waals surface area contributed by atoms with Gasteiger partial charge in [0, 0.05) is 30.9 Å². The third kappa shape index (κ3) is 5.09. The summed E-state index contributed by atoms with van der Waals surface area (Å²) < 4.78 is 29.3. The van der Waals surface area contributed by atoms with Crippen LogP contribution >= 0.6 is 0 Å². The molecular weight excluding hydrogens is 328 g/mol. The molecule has 4 atom stereocenters. The van der Waals surface area contributed by atoms with Crippen molar-refractivity contribution in [1.82, 2.24) is 10.2 Å². The summed E-state index contributed by atoms with van der Waals surface area (Å²) in [5, 5.41) is 3.29. The van der Waals surface area contributed by atoms with E-state index in [1.807, 2.05) is 27.7 Å². The van der Waals surface area contributed by atoms with Crippen LogP contribution in [0, 0.1) is 0 Å². The Morgan fingerprint density at radius 3 is 2.42 bits per heavy atom. The number of nitrogens with zero attached hydrogens (tertiary/aromatic N) is 1. The van der Waals surface area contributed by atoms with E-state index in [2.05, 4.69) is 5.32 Å². The van der Waals surface area contributed by atoms with Crippen LogP contribution in [-0.4, -0.2) is 61.2 Å². The van der Waals surface area contributed by atoms with E-state index in [1.54, 1.807) is 4.90 Å². The van der Waals surface area contributed by atoms with Gasteiger partial charge in [0.2, 0.25) is 0 Å². The second kappa shape index (κ2) is 7.20. The number of hydrogen-bond donors (Lipinski definition) is 1. The predicted molar refractivity (Wildman–Crippen MR) is 94.8 cm³/mol. The summed E-state index contributed by atoms with van der Waals surface area (Å²) in [6.45, 7) is 8.28. The van der Waals surface area contributed by atoms with Crippen LogP contribution in [0.3, 0.4) is 0 Å². The molecular formula is C17H32N2O4S. The number of carbonyl (C=O) groups excluding carboxylic acids is 1. The molecule has 2 rings (SSSR count). The Hall–Kier alpha value is -0.820. The summed E-state index contributed by atoms with van der Waals surface area (Å²) in [6.07, 6.45) is 5.36. The summed E-state index contributed by atoms with van der Waals surface area (Å²) in [4.78, 5) is 14.0. The molecule has 1 aliphatic heterocycles. The van der Waals surface area contributed by atoms with E-state index in [4.69, 9.17) is 4.74 Å². The fourth-order valence-corrected chi connectivity index (χ4v) is 5.25. The zero-order valence-electron chi connectivity index (χ0n) is 15.5. The topological polar surface area (TPSA) is 75.7 Å². The summed E-state index contributed by atoms with van der Waals surface area (Å²) in [7, 11) is -3.01. The average Bonchev–Trinajstić information content (AvgIpc) is 2.84. The van der Waals surface area contributed by atoms with E-state index in [0.717, 1.165) is 32.1 Å². The van der Waals surface area contributed by atoms with Gasteiger partial charge in [-0.05, 0) is 53.4 Å². The van der Waals surface area contributed by atoms with E-state index in [-0.39, 0.29) is 29.5 Å². The fraction of sp³-hybridized carbons (Fsp3) is 0.941. The Bertz CT molecular complexity index is 555. The number of nitrogens with one attached hydrogen (secondary N) is 1. The van der Waals surface area contributed by atoms with Gasteiger partial charge >= 0.3 is 6.09 Å². The number of sulfone groups is 1. The van der Waals surface area contributed by atoms with E-state index < -0.39 is 15.4 Å². The molecule has 0 aromatic rings. The highest BCUT2D eigenvalue weighted by molar-refractivity contribution is 7.91. The van der Waals surface area contributed by atoms with Crippen molar-refractivity contribution < 1.29 is 17.9 Å². The van der Waals surface area contributed by atoms with Gasteiger partial charge in [-0.25, -0.2) is 13.2 Å². The zero-order valence-corrected chi connectivity index (χ0v) is 16.4. The Morgan fingerprint density at radius 1 is 1.21 bits per heavy atom. The molecule has 24 heavy (non-hydrogen) atoms. The van der Waals surface area contributed by atoms with Crippen LogP contribution < -0.4 is 5.32 Å². The highest BCUT2D eigenvalue weighted by Gasteiger charge is 2.38. The molecule has 7 heteroatoms. The molecule has 1 saturated heterocycles. The minimum atomic E-state index is -3.01. The molecule has 0 aromatic heterocycles. The normalized spacial score (nSPS) is 32.0. The zero-order chi connectivity index (χ0) is 18.1. The molecule has 6 nitrogen and oxygen atoms in total. The van der Waals surface area contributed by atoms with E-state index in [0.29, 0.717) is 6.54 Å². The van der Waals surface area contributed by atoms with Crippen molar-refractivity contribution in [1.29, 1.82) is 0 Å². The minimum absolute atomic E-state index is 0.0466. The maximum Gasteiger partial charge on any atom is 0.410 e. The Balaban J connectivity index is 1.90. The molecule has 1 N–H and O–H groups in total. The highest BCUT2D eigenvalue weighted by Crippen LogP contribution is 2.28.